The fraction of sp³-hybridized carbons (Fsp3) is 0.0588. The Labute approximate surface area is 148 Å². The number of carbonyl (C=O) groups excluding carboxylic acids is 2. The number of benzene rings is 2. The van der Waals surface area contributed by atoms with Gasteiger partial charge in [-0.3, -0.25) is 15.0 Å². The van der Waals surface area contributed by atoms with Crippen LogP contribution >= 0.6 is 23.2 Å². The van der Waals surface area contributed by atoms with Gasteiger partial charge in [-0.25, -0.2) is 5.01 Å². The van der Waals surface area contributed by atoms with E-state index in [4.69, 9.17) is 27.9 Å². The molecule has 1 fully saturated rings. The summed E-state index contributed by atoms with van der Waals surface area (Å²) in [6.45, 7) is 0. The Kier molecular flexibility index (Phi) is 4.46. The van der Waals surface area contributed by atoms with Crippen molar-refractivity contribution in [2.45, 2.75) is 0 Å². The predicted molar refractivity (Wildman–Crippen MR) is 93.1 cm³/mol. The summed E-state index contributed by atoms with van der Waals surface area (Å²) in [7, 11) is 1.52. The number of hydrogen-bond acceptors (Lipinski definition) is 3. The first-order chi connectivity index (χ1) is 11.5. The minimum Gasteiger partial charge on any atom is -0.496 e. The number of ether oxygens (including phenoxy) is 1. The predicted octanol–water partition coefficient (Wildman–Crippen LogP) is 3.46. The second-order valence-electron chi connectivity index (χ2n) is 4.98. The second kappa shape index (κ2) is 6.55. The highest BCUT2D eigenvalue weighted by Gasteiger charge is 2.34. The lowest BCUT2D eigenvalue weighted by molar-refractivity contribution is -0.117. The van der Waals surface area contributed by atoms with Crippen molar-refractivity contribution in [3.8, 4) is 5.75 Å². The number of hydrazine groups is 1. The number of para-hydroxylation sites is 1. The number of nitrogens with one attached hydrogen (secondary N) is 1. The Bertz CT molecular complexity index is 865. The van der Waals surface area contributed by atoms with Gasteiger partial charge < -0.3 is 4.74 Å². The van der Waals surface area contributed by atoms with Gasteiger partial charge in [0.2, 0.25) is 0 Å². The molecule has 1 saturated heterocycles. The largest absolute Gasteiger partial charge is 0.496 e. The normalized spacial score (nSPS) is 15.8. The van der Waals surface area contributed by atoms with Gasteiger partial charge in [0.25, 0.3) is 11.8 Å². The standard InChI is InChI=1S/C17H12Cl2N2O3/c1-24-15-5-3-2-4-10(15)8-12-16(22)20-21(17(12)23)11-6-7-13(18)14(19)9-11/h2-9H,1H3,(H,20,22)/b12-8+. The van der Waals surface area contributed by atoms with Crippen LogP contribution in [-0.2, 0) is 9.59 Å². The van der Waals surface area contributed by atoms with Gasteiger partial charge in [0, 0.05) is 5.56 Å². The molecule has 0 bridgehead atoms. The lowest BCUT2D eigenvalue weighted by Gasteiger charge is -2.15. The van der Waals surface area contributed by atoms with E-state index in [0.717, 1.165) is 5.01 Å². The highest BCUT2D eigenvalue weighted by atomic mass is 35.5. The second-order valence-corrected chi connectivity index (χ2v) is 5.79. The molecule has 0 saturated carbocycles. The summed E-state index contributed by atoms with van der Waals surface area (Å²) in [5.41, 5.74) is 3.57. The SMILES string of the molecule is COc1ccccc1/C=C1\C(=O)NN(c2ccc(Cl)c(Cl)c2)C1=O. The molecule has 5 nitrogen and oxygen atoms in total. The number of halogens is 2. The highest BCUT2D eigenvalue weighted by molar-refractivity contribution is 6.42. The van der Waals surface area contributed by atoms with Crippen molar-refractivity contribution >= 4 is 46.8 Å². The van der Waals surface area contributed by atoms with Gasteiger partial charge in [-0.15, -0.1) is 0 Å². The molecule has 1 heterocycles. The Balaban J connectivity index is 1.97. The van der Waals surface area contributed by atoms with Crippen LogP contribution in [0.5, 0.6) is 5.75 Å². The number of anilines is 1. The van der Waals surface area contributed by atoms with Crippen LogP contribution in [-0.4, -0.2) is 18.9 Å². The van der Waals surface area contributed by atoms with E-state index >= 15 is 0 Å². The van der Waals surface area contributed by atoms with Gasteiger partial charge in [0.1, 0.15) is 11.3 Å². The third-order valence-electron chi connectivity index (χ3n) is 3.49. The number of rotatable bonds is 3. The summed E-state index contributed by atoms with van der Waals surface area (Å²) in [6, 6.07) is 11.8. The van der Waals surface area contributed by atoms with Crippen molar-refractivity contribution in [2.75, 3.05) is 12.1 Å². The molecule has 122 valence electrons. The van der Waals surface area contributed by atoms with E-state index in [-0.39, 0.29) is 5.57 Å². The molecule has 0 spiro atoms. The van der Waals surface area contributed by atoms with E-state index in [1.807, 2.05) is 0 Å². The van der Waals surface area contributed by atoms with Crippen LogP contribution in [0.4, 0.5) is 5.69 Å². The average molecular weight is 363 g/mol. The average Bonchev–Trinajstić information content (AvgIpc) is 2.86. The monoisotopic (exact) mass is 362 g/mol. The first-order valence-corrected chi connectivity index (χ1v) is 7.72. The number of nitrogens with zero attached hydrogens (tertiary/aromatic N) is 1. The van der Waals surface area contributed by atoms with E-state index < -0.39 is 11.8 Å². The van der Waals surface area contributed by atoms with E-state index in [2.05, 4.69) is 5.43 Å². The fourth-order valence-corrected chi connectivity index (χ4v) is 2.60. The maximum atomic E-state index is 12.6. The molecule has 2 aromatic rings. The smallest absolute Gasteiger partial charge is 0.282 e. The first kappa shape index (κ1) is 16.4. The maximum absolute atomic E-state index is 12.6. The summed E-state index contributed by atoms with van der Waals surface area (Å²) < 4.78 is 5.23. The van der Waals surface area contributed by atoms with Gasteiger partial charge in [-0.05, 0) is 30.3 Å². The van der Waals surface area contributed by atoms with Crippen LogP contribution in [0.2, 0.25) is 10.0 Å². The van der Waals surface area contributed by atoms with Crippen molar-refractivity contribution in [1.82, 2.24) is 5.43 Å². The van der Waals surface area contributed by atoms with Crippen molar-refractivity contribution < 1.29 is 14.3 Å². The van der Waals surface area contributed by atoms with Crippen LogP contribution in [0.1, 0.15) is 5.56 Å². The van der Waals surface area contributed by atoms with Crippen molar-refractivity contribution in [3.05, 3.63) is 63.6 Å². The molecule has 1 aliphatic heterocycles. The Morgan fingerprint density at radius 2 is 1.83 bits per heavy atom. The summed E-state index contributed by atoms with van der Waals surface area (Å²) in [4.78, 5) is 24.8. The number of amides is 2. The molecule has 0 aromatic heterocycles. The fourth-order valence-electron chi connectivity index (χ4n) is 2.30. The molecular formula is C17H12Cl2N2O3. The molecule has 0 radical (unpaired) electrons. The zero-order chi connectivity index (χ0) is 17.3. The topological polar surface area (TPSA) is 58.6 Å². The molecular weight excluding hydrogens is 351 g/mol. The molecule has 0 unspecified atom stereocenters. The summed E-state index contributed by atoms with van der Waals surface area (Å²) in [5.74, 6) is -0.417. The van der Waals surface area contributed by atoms with E-state index in [0.29, 0.717) is 27.0 Å². The number of carbonyl (C=O) groups is 2. The van der Waals surface area contributed by atoms with E-state index in [1.165, 1.54) is 19.3 Å². The minimum atomic E-state index is -0.503. The van der Waals surface area contributed by atoms with Crippen molar-refractivity contribution in [1.29, 1.82) is 0 Å². The van der Waals surface area contributed by atoms with Crippen LogP contribution < -0.4 is 15.2 Å². The van der Waals surface area contributed by atoms with Crippen molar-refractivity contribution in [3.63, 3.8) is 0 Å². The van der Waals surface area contributed by atoms with E-state index in [1.54, 1.807) is 36.4 Å². The molecule has 1 aliphatic rings. The molecule has 7 heteroatoms. The molecule has 3 rings (SSSR count). The molecule has 2 amide bonds. The Morgan fingerprint density at radius 1 is 1.08 bits per heavy atom. The third kappa shape index (κ3) is 2.96. The minimum absolute atomic E-state index is 0.00516. The van der Waals surface area contributed by atoms with E-state index in [9.17, 15) is 9.59 Å². The van der Waals surface area contributed by atoms with Gasteiger partial charge in [0.05, 0.1) is 22.8 Å². The van der Waals surface area contributed by atoms with Gasteiger partial charge in [-0.1, -0.05) is 41.4 Å². The molecule has 24 heavy (non-hydrogen) atoms. The summed E-state index contributed by atoms with van der Waals surface area (Å²) in [5, 5.41) is 1.78. The molecule has 0 aliphatic carbocycles. The van der Waals surface area contributed by atoms with Crippen molar-refractivity contribution in [2.24, 2.45) is 0 Å². The highest BCUT2D eigenvalue weighted by Crippen LogP contribution is 2.29. The zero-order valence-corrected chi connectivity index (χ0v) is 14.1. The van der Waals surface area contributed by atoms with Crippen LogP contribution in [0.25, 0.3) is 6.08 Å². The maximum Gasteiger partial charge on any atom is 0.282 e. The quantitative estimate of drug-likeness (QED) is 0.671. The molecule has 2 aromatic carbocycles. The third-order valence-corrected chi connectivity index (χ3v) is 4.23. The lowest BCUT2D eigenvalue weighted by Crippen LogP contribution is -2.35. The number of hydrogen-bond donors (Lipinski definition) is 1. The lowest BCUT2D eigenvalue weighted by atomic mass is 10.1. The zero-order valence-electron chi connectivity index (χ0n) is 12.5. The summed E-state index contributed by atoms with van der Waals surface area (Å²) in [6.07, 6.45) is 1.49. The van der Waals surface area contributed by atoms with Crippen LogP contribution in [0, 0.1) is 0 Å². The van der Waals surface area contributed by atoms with Crippen LogP contribution in [0.15, 0.2) is 48.0 Å². The van der Waals surface area contributed by atoms with Gasteiger partial charge in [0.15, 0.2) is 0 Å². The first-order valence-electron chi connectivity index (χ1n) is 6.96. The molecule has 0 atom stereocenters. The van der Waals surface area contributed by atoms with Gasteiger partial charge in [-0.2, -0.15) is 0 Å². The van der Waals surface area contributed by atoms with Crippen LogP contribution in [0.3, 0.4) is 0 Å². The Morgan fingerprint density at radius 3 is 2.54 bits per heavy atom. The number of methoxy groups -OCH3 is 1. The summed E-state index contributed by atoms with van der Waals surface area (Å²) >= 11 is 11.8. The Hall–Kier alpha value is -2.50. The molecule has 1 N–H and O–H groups in total. The van der Waals surface area contributed by atoms with Gasteiger partial charge >= 0.3 is 0 Å².